The van der Waals surface area contributed by atoms with Crippen LogP contribution in [-0.2, 0) is 0 Å². The molecule has 1 heterocycles. The van der Waals surface area contributed by atoms with Crippen LogP contribution in [0.25, 0.3) is 16.9 Å². The molecule has 2 aromatic carbocycles. The van der Waals surface area contributed by atoms with Crippen LogP contribution in [0.2, 0.25) is 0 Å². The van der Waals surface area contributed by atoms with Crippen molar-refractivity contribution in [3.05, 3.63) is 70.8 Å². The van der Waals surface area contributed by atoms with Gasteiger partial charge in [0.05, 0.1) is 18.5 Å². The number of rotatable bonds is 3. The molecule has 0 aliphatic heterocycles. The zero-order chi connectivity index (χ0) is 14.8. The smallest absolute Gasteiger partial charge is 0.271 e. The lowest BCUT2D eigenvalue weighted by Crippen LogP contribution is -2.13. The number of benzene rings is 2. The predicted octanol–water partition coefficient (Wildman–Crippen LogP) is 2.98. The molecule has 0 saturated carbocycles. The maximum Gasteiger partial charge on any atom is 0.271 e. The number of halogens is 1. The number of aromatic amines is 1. The van der Waals surface area contributed by atoms with E-state index in [1.165, 1.54) is 22.9 Å². The highest BCUT2D eigenvalue weighted by Crippen LogP contribution is 2.18. The molecule has 0 atom stereocenters. The molecule has 0 spiro atoms. The van der Waals surface area contributed by atoms with Gasteiger partial charge in [0.25, 0.3) is 5.56 Å². The summed E-state index contributed by atoms with van der Waals surface area (Å²) >= 11 is 0. The van der Waals surface area contributed by atoms with E-state index in [-0.39, 0.29) is 11.4 Å². The number of hydrogen-bond acceptors (Lipinski definition) is 2. The molecular weight excluding hydrogens is 271 g/mol. The molecule has 0 radical (unpaired) electrons. The van der Waals surface area contributed by atoms with Gasteiger partial charge in [-0.2, -0.15) is 0 Å². The Hall–Kier alpha value is -2.82. The quantitative estimate of drug-likeness (QED) is 0.803. The number of aromatic nitrogens is 2. The van der Waals surface area contributed by atoms with Crippen molar-refractivity contribution < 1.29 is 9.13 Å². The summed E-state index contributed by atoms with van der Waals surface area (Å²) in [5, 5.41) is 3.01. The zero-order valence-corrected chi connectivity index (χ0v) is 11.3. The number of H-pyrrole nitrogens is 1. The standard InChI is InChI=1S/C16H13FN2O2/c1-21-14-8-6-13(7-9-14)19-16(20)10-15(18-19)11-2-4-12(17)5-3-11/h2-10,18H,1H3. The van der Waals surface area contributed by atoms with Crippen molar-refractivity contribution in [3.8, 4) is 22.7 Å². The molecule has 0 amide bonds. The summed E-state index contributed by atoms with van der Waals surface area (Å²) in [5.74, 6) is 0.410. The van der Waals surface area contributed by atoms with Crippen molar-refractivity contribution in [1.29, 1.82) is 0 Å². The minimum Gasteiger partial charge on any atom is -0.497 e. The first-order valence-corrected chi connectivity index (χ1v) is 6.40. The molecule has 3 rings (SSSR count). The third-order valence-electron chi connectivity index (χ3n) is 3.21. The molecule has 21 heavy (non-hydrogen) atoms. The van der Waals surface area contributed by atoms with Gasteiger partial charge in [-0.05, 0) is 54.1 Å². The summed E-state index contributed by atoms with van der Waals surface area (Å²) in [5.41, 5.74) is 1.91. The Balaban J connectivity index is 2.00. The molecule has 1 N–H and O–H groups in total. The average Bonchev–Trinajstić information content (AvgIpc) is 2.90. The minimum atomic E-state index is -0.310. The molecule has 0 aliphatic carbocycles. The Morgan fingerprint density at radius 2 is 1.71 bits per heavy atom. The van der Waals surface area contributed by atoms with Crippen molar-refractivity contribution in [2.75, 3.05) is 7.11 Å². The number of nitrogens with zero attached hydrogens (tertiary/aromatic N) is 1. The molecule has 0 unspecified atom stereocenters. The predicted molar refractivity (Wildman–Crippen MR) is 78.3 cm³/mol. The molecule has 1 aromatic heterocycles. The maximum absolute atomic E-state index is 12.9. The van der Waals surface area contributed by atoms with Crippen molar-refractivity contribution in [1.82, 2.24) is 9.78 Å². The van der Waals surface area contributed by atoms with E-state index >= 15 is 0 Å². The molecule has 106 valence electrons. The molecule has 3 aromatic rings. The Morgan fingerprint density at radius 1 is 1.05 bits per heavy atom. The molecule has 0 bridgehead atoms. The van der Waals surface area contributed by atoms with Crippen molar-refractivity contribution in [3.63, 3.8) is 0 Å². The van der Waals surface area contributed by atoms with E-state index in [0.29, 0.717) is 11.4 Å². The summed E-state index contributed by atoms with van der Waals surface area (Å²) in [6.07, 6.45) is 0. The largest absolute Gasteiger partial charge is 0.497 e. The van der Waals surface area contributed by atoms with Gasteiger partial charge >= 0.3 is 0 Å². The van der Waals surface area contributed by atoms with Gasteiger partial charge < -0.3 is 4.74 Å². The lowest BCUT2D eigenvalue weighted by Gasteiger charge is -2.04. The van der Waals surface area contributed by atoms with Crippen LogP contribution in [-0.4, -0.2) is 16.9 Å². The third kappa shape index (κ3) is 2.58. The van der Waals surface area contributed by atoms with Crippen molar-refractivity contribution in [2.24, 2.45) is 0 Å². The molecule has 0 fully saturated rings. The fraction of sp³-hybridized carbons (Fsp3) is 0.0625. The molecule has 0 saturated heterocycles. The Bertz CT molecular complexity index is 802. The highest BCUT2D eigenvalue weighted by Gasteiger charge is 2.07. The first-order valence-electron chi connectivity index (χ1n) is 6.40. The molecule has 5 heteroatoms. The summed E-state index contributed by atoms with van der Waals surface area (Å²) in [6.45, 7) is 0. The van der Waals surface area contributed by atoms with E-state index in [4.69, 9.17) is 4.74 Å². The highest BCUT2D eigenvalue weighted by molar-refractivity contribution is 5.58. The topological polar surface area (TPSA) is 47.0 Å². The van der Waals surface area contributed by atoms with Gasteiger partial charge in [-0.3, -0.25) is 9.89 Å². The van der Waals surface area contributed by atoms with E-state index in [1.807, 2.05) is 0 Å². The van der Waals surface area contributed by atoms with E-state index in [9.17, 15) is 9.18 Å². The first kappa shape index (κ1) is 13.2. The second-order valence-corrected chi connectivity index (χ2v) is 4.55. The van der Waals surface area contributed by atoms with Gasteiger partial charge in [-0.25, -0.2) is 9.07 Å². The normalized spacial score (nSPS) is 10.6. The summed E-state index contributed by atoms with van der Waals surface area (Å²) in [6, 6.07) is 14.6. The van der Waals surface area contributed by atoms with Gasteiger partial charge in [0.2, 0.25) is 0 Å². The minimum absolute atomic E-state index is 0.181. The number of methoxy groups -OCH3 is 1. The van der Waals surface area contributed by atoms with Crippen LogP contribution >= 0.6 is 0 Å². The average molecular weight is 284 g/mol. The fourth-order valence-corrected chi connectivity index (χ4v) is 2.10. The second kappa shape index (κ2) is 5.28. The summed E-state index contributed by atoms with van der Waals surface area (Å²) in [4.78, 5) is 12.1. The number of ether oxygens (including phenoxy) is 1. The second-order valence-electron chi connectivity index (χ2n) is 4.55. The summed E-state index contributed by atoms with van der Waals surface area (Å²) < 4.78 is 19.5. The molecular formula is C16H13FN2O2. The monoisotopic (exact) mass is 284 g/mol. The summed E-state index contributed by atoms with van der Waals surface area (Å²) in [7, 11) is 1.59. The van der Waals surface area contributed by atoms with Gasteiger partial charge in [-0.15, -0.1) is 0 Å². The van der Waals surface area contributed by atoms with Gasteiger partial charge in [0.1, 0.15) is 11.6 Å². The van der Waals surface area contributed by atoms with E-state index in [1.54, 1.807) is 43.5 Å². The lowest BCUT2D eigenvalue weighted by atomic mass is 10.1. The van der Waals surface area contributed by atoms with Crippen LogP contribution < -0.4 is 10.3 Å². The van der Waals surface area contributed by atoms with Crippen LogP contribution in [0.15, 0.2) is 59.4 Å². The van der Waals surface area contributed by atoms with Gasteiger partial charge in [0, 0.05) is 6.07 Å². The van der Waals surface area contributed by atoms with Crippen LogP contribution in [0.1, 0.15) is 0 Å². The fourth-order valence-electron chi connectivity index (χ4n) is 2.10. The Kier molecular flexibility index (Phi) is 3.31. The SMILES string of the molecule is COc1ccc(-n2[nH]c(-c3ccc(F)cc3)cc2=O)cc1. The van der Waals surface area contributed by atoms with E-state index in [2.05, 4.69) is 5.10 Å². The Labute approximate surface area is 120 Å². The van der Waals surface area contributed by atoms with E-state index in [0.717, 1.165) is 11.3 Å². The zero-order valence-electron chi connectivity index (χ0n) is 11.3. The van der Waals surface area contributed by atoms with Crippen molar-refractivity contribution in [2.45, 2.75) is 0 Å². The van der Waals surface area contributed by atoms with E-state index < -0.39 is 0 Å². The number of hydrogen-bond donors (Lipinski definition) is 1. The van der Waals surface area contributed by atoms with Crippen LogP contribution in [0, 0.1) is 5.82 Å². The Morgan fingerprint density at radius 3 is 2.33 bits per heavy atom. The highest BCUT2D eigenvalue weighted by atomic mass is 19.1. The maximum atomic E-state index is 12.9. The van der Waals surface area contributed by atoms with Crippen LogP contribution in [0.5, 0.6) is 5.75 Å². The van der Waals surface area contributed by atoms with Gasteiger partial charge in [0.15, 0.2) is 0 Å². The molecule has 4 nitrogen and oxygen atoms in total. The van der Waals surface area contributed by atoms with Crippen LogP contribution in [0.4, 0.5) is 4.39 Å². The number of nitrogens with one attached hydrogen (secondary N) is 1. The van der Waals surface area contributed by atoms with Crippen LogP contribution in [0.3, 0.4) is 0 Å². The third-order valence-corrected chi connectivity index (χ3v) is 3.21. The van der Waals surface area contributed by atoms with Gasteiger partial charge in [-0.1, -0.05) is 0 Å². The van der Waals surface area contributed by atoms with Crippen molar-refractivity contribution >= 4 is 0 Å². The molecule has 0 aliphatic rings. The lowest BCUT2D eigenvalue weighted by molar-refractivity contribution is 0.414. The first-order chi connectivity index (χ1) is 10.2.